The number of oxazole rings is 1. The van der Waals surface area contributed by atoms with Crippen molar-refractivity contribution in [2.45, 2.75) is 27.4 Å². The first-order valence-electron chi connectivity index (χ1n) is 8.36. The third-order valence-electron chi connectivity index (χ3n) is 4.23. The number of methoxy groups -OCH3 is 1. The molecule has 0 atom stereocenters. The molecule has 0 aliphatic heterocycles. The molecule has 0 radical (unpaired) electrons. The predicted molar refractivity (Wildman–Crippen MR) is 97.4 cm³/mol. The normalized spacial score (nSPS) is 10.7. The van der Waals surface area contributed by atoms with Crippen LogP contribution in [0.15, 0.2) is 34.9 Å². The molecule has 7 heteroatoms. The molecule has 27 heavy (non-hydrogen) atoms. The first-order valence-corrected chi connectivity index (χ1v) is 8.36. The van der Waals surface area contributed by atoms with E-state index >= 15 is 0 Å². The van der Waals surface area contributed by atoms with E-state index < -0.39 is 11.9 Å². The number of carbonyl (C=O) groups excluding carboxylic acids is 2. The van der Waals surface area contributed by atoms with Crippen LogP contribution < -0.4 is 0 Å². The molecule has 7 nitrogen and oxygen atoms in total. The Morgan fingerprint density at radius 3 is 2.48 bits per heavy atom. The molecule has 0 aliphatic carbocycles. The summed E-state index contributed by atoms with van der Waals surface area (Å²) in [5.74, 6) is -0.619. The fourth-order valence-electron chi connectivity index (χ4n) is 2.78. The van der Waals surface area contributed by atoms with Crippen LogP contribution in [-0.2, 0) is 16.1 Å². The van der Waals surface area contributed by atoms with Gasteiger partial charge in [0.15, 0.2) is 0 Å². The van der Waals surface area contributed by atoms with Gasteiger partial charge in [-0.2, -0.15) is 0 Å². The lowest BCUT2D eigenvalue weighted by atomic mass is 10.1. The zero-order valence-electron chi connectivity index (χ0n) is 15.6. The number of aromatic nitrogens is 2. The van der Waals surface area contributed by atoms with Crippen LogP contribution >= 0.6 is 0 Å². The van der Waals surface area contributed by atoms with Gasteiger partial charge in [0, 0.05) is 11.3 Å². The van der Waals surface area contributed by atoms with Crippen LogP contribution in [0.25, 0.3) is 11.5 Å². The van der Waals surface area contributed by atoms with Crippen LogP contribution in [0.1, 0.15) is 43.4 Å². The van der Waals surface area contributed by atoms with Gasteiger partial charge in [-0.15, -0.1) is 0 Å². The highest BCUT2D eigenvalue weighted by atomic mass is 16.5. The van der Waals surface area contributed by atoms with Crippen molar-refractivity contribution >= 4 is 11.9 Å². The van der Waals surface area contributed by atoms with Crippen molar-refractivity contribution in [1.82, 2.24) is 9.97 Å². The number of ether oxygens (including phenoxy) is 2. The second-order valence-electron chi connectivity index (χ2n) is 6.20. The van der Waals surface area contributed by atoms with Gasteiger partial charge in [0.2, 0.25) is 5.89 Å². The number of carbonyl (C=O) groups is 2. The molecule has 0 saturated heterocycles. The van der Waals surface area contributed by atoms with Crippen molar-refractivity contribution in [3.8, 4) is 11.5 Å². The molecule has 140 valence electrons. The van der Waals surface area contributed by atoms with Crippen LogP contribution in [0, 0.1) is 20.8 Å². The maximum Gasteiger partial charge on any atom is 0.355 e. The first-order chi connectivity index (χ1) is 12.9. The minimum absolute atomic E-state index is 0.0424. The minimum atomic E-state index is -0.578. The van der Waals surface area contributed by atoms with Crippen molar-refractivity contribution in [3.63, 3.8) is 0 Å². The number of H-pyrrole nitrogens is 1. The summed E-state index contributed by atoms with van der Waals surface area (Å²) < 4.78 is 15.5. The van der Waals surface area contributed by atoms with Gasteiger partial charge < -0.3 is 18.9 Å². The van der Waals surface area contributed by atoms with E-state index in [1.807, 2.05) is 31.2 Å². The molecule has 2 aromatic heterocycles. The Labute approximate surface area is 156 Å². The average molecular weight is 368 g/mol. The number of aryl methyl sites for hydroxylation is 2. The SMILES string of the molecule is COC(=O)c1c(C)[nH]c(C(=O)OCc2coc(-c3ccc(C)cc3)n2)c1C. The number of hydrogen-bond acceptors (Lipinski definition) is 6. The molecule has 3 rings (SSSR count). The molecule has 0 aliphatic rings. The quantitative estimate of drug-likeness (QED) is 0.690. The van der Waals surface area contributed by atoms with Gasteiger partial charge in [-0.1, -0.05) is 17.7 Å². The third kappa shape index (κ3) is 3.76. The van der Waals surface area contributed by atoms with E-state index in [0.29, 0.717) is 28.4 Å². The van der Waals surface area contributed by atoms with E-state index in [0.717, 1.165) is 11.1 Å². The van der Waals surface area contributed by atoms with Gasteiger partial charge in [0.25, 0.3) is 0 Å². The Hall–Kier alpha value is -3.35. The predicted octanol–water partition coefficient (Wildman–Crippen LogP) is 3.74. The highest BCUT2D eigenvalue weighted by molar-refractivity contribution is 5.98. The molecule has 2 heterocycles. The maximum atomic E-state index is 12.4. The van der Waals surface area contributed by atoms with Crippen molar-refractivity contribution < 1.29 is 23.5 Å². The summed E-state index contributed by atoms with van der Waals surface area (Å²) in [6.45, 7) is 5.32. The van der Waals surface area contributed by atoms with E-state index in [-0.39, 0.29) is 12.3 Å². The summed E-state index contributed by atoms with van der Waals surface area (Å²) in [5, 5.41) is 0. The number of nitrogens with zero attached hydrogens (tertiary/aromatic N) is 1. The van der Waals surface area contributed by atoms with Crippen molar-refractivity contribution in [2.24, 2.45) is 0 Å². The number of esters is 2. The van der Waals surface area contributed by atoms with Crippen molar-refractivity contribution in [2.75, 3.05) is 7.11 Å². The molecule has 0 amide bonds. The molecular formula is C20H20N2O5. The smallest absolute Gasteiger partial charge is 0.355 e. The maximum absolute atomic E-state index is 12.4. The summed E-state index contributed by atoms with van der Waals surface area (Å²) in [4.78, 5) is 31.4. The highest BCUT2D eigenvalue weighted by Crippen LogP contribution is 2.21. The summed E-state index contributed by atoms with van der Waals surface area (Å²) in [7, 11) is 1.29. The summed E-state index contributed by atoms with van der Waals surface area (Å²) in [5.41, 5.74) is 4.08. The lowest BCUT2D eigenvalue weighted by Gasteiger charge is -2.02. The Morgan fingerprint density at radius 2 is 1.81 bits per heavy atom. The Bertz CT molecular complexity index is 982. The fraction of sp³-hybridized carbons (Fsp3) is 0.250. The topological polar surface area (TPSA) is 94.4 Å². The van der Waals surface area contributed by atoms with Crippen LogP contribution in [0.3, 0.4) is 0 Å². The van der Waals surface area contributed by atoms with Gasteiger partial charge in [-0.3, -0.25) is 0 Å². The van der Waals surface area contributed by atoms with Crippen LogP contribution in [0.2, 0.25) is 0 Å². The van der Waals surface area contributed by atoms with E-state index in [4.69, 9.17) is 13.9 Å². The second kappa shape index (κ2) is 7.49. The second-order valence-corrected chi connectivity index (χ2v) is 6.20. The molecule has 1 N–H and O–H groups in total. The van der Waals surface area contributed by atoms with Crippen LogP contribution in [0.4, 0.5) is 0 Å². The fourth-order valence-corrected chi connectivity index (χ4v) is 2.78. The van der Waals surface area contributed by atoms with E-state index in [9.17, 15) is 9.59 Å². The molecule has 0 unspecified atom stereocenters. The van der Waals surface area contributed by atoms with E-state index in [1.165, 1.54) is 13.4 Å². The van der Waals surface area contributed by atoms with E-state index in [1.54, 1.807) is 13.8 Å². The molecule has 0 fully saturated rings. The third-order valence-corrected chi connectivity index (χ3v) is 4.23. The molecule has 0 bridgehead atoms. The standard InChI is InChI=1S/C20H20N2O5/c1-11-5-7-14(8-6-11)18-22-15(9-26-18)10-27-20(24)17-12(2)16(13(3)21-17)19(23)25-4/h5-9,21H,10H2,1-4H3. The average Bonchev–Trinajstić information content (AvgIpc) is 3.24. The van der Waals surface area contributed by atoms with Crippen molar-refractivity contribution in [1.29, 1.82) is 0 Å². The van der Waals surface area contributed by atoms with Gasteiger partial charge >= 0.3 is 11.9 Å². The summed E-state index contributed by atoms with van der Waals surface area (Å²) in [6, 6.07) is 7.76. The number of hydrogen-bond donors (Lipinski definition) is 1. The van der Waals surface area contributed by atoms with E-state index in [2.05, 4.69) is 9.97 Å². The number of benzene rings is 1. The minimum Gasteiger partial charge on any atom is -0.465 e. The monoisotopic (exact) mass is 368 g/mol. The number of rotatable bonds is 5. The molecule has 3 aromatic rings. The zero-order chi connectivity index (χ0) is 19.6. The Morgan fingerprint density at radius 1 is 1.11 bits per heavy atom. The Kier molecular flexibility index (Phi) is 5.12. The van der Waals surface area contributed by atoms with Crippen LogP contribution in [0.5, 0.6) is 0 Å². The Balaban J connectivity index is 1.70. The van der Waals surface area contributed by atoms with Gasteiger partial charge in [0.1, 0.15) is 24.3 Å². The highest BCUT2D eigenvalue weighted by Gasteiger charge is 2.23. The van der Waals surface area contributed by atoms with Crippen LogP contribution in [-0.4, -0.2) is 29.0 Å². The van der Waals surface area contributed by atoms with Gasteiger partial charge in [-0.05, 0) is 38.5 Å². The molecule has 1 aromatic carbocycles. The largest absolute Gasteiger partial charge is 0.465 e. The zero-order valence-corrected chi connectivity index (χ0v) is 15.6. The van der Waals surface area contributed by atoms with Gasteiger partial charge in [0.05, 0.1) is 12.7 Å². The lowest BCUT2D eigenvalue weighted by molar-refractivity contribution is 0.0460. The molecule has 0 saturated carbocycles. The lowest BCUT2D eigenvalue weighted by Crippen LogP contribution is -2.08. The van der Waals surface area contributed by atoms with Crippen molar-refractivity contribution in [3.05, 3.63) is 64.3 Å². The summed E-state index contributed by atoms with van der Waals surface area (Å²) >= 11 is 0. The molecular weight excluding hydrogens is 348 g/mol. The molecule has 0 spiro atoms. The summed E-state index contributed by atoms with van der Waals surface area (Å²) in [6.07, 6.45) is 1.45. The number of aromatic amines is 1. The first kappa shape index (κ1) is 18.4. The number of nitrogens with one attached hydrogen (secondary N) is 1. The van der Waals surface area contributed by atoms with Gasteiger partial charge in [-0.25, -0.2) is 14.6 Å².